The zero-order chi connectivity index (χ0) is 15.8. The van der Waals surface area contributed by atoms with Crippen molar-refractivity contribution in [1.82, 2.24) is 10.6 Å². The lowest BCUT2D eigenvalue weighted by atomic mass is 10.1. The second-order valence-electron chi connectivity index (χ2n) is 4.77. The van der Waals surface area contributed by atoms with Gasteiger partial charge in [0, 0.05) is 30.6 Å². The number of aliphatic hydroxyl groups is 1. The molecule has 0 amide bonds. The molecule has 1 aromatic heterocycles. The van der Waals surface area contributed by atoms with Gasteiger partial charge in [-0.15, -0.1) is 35.3 Å². The number of thiophene rings is 1. The highest BCUT2D eigenvalue weighted by Gasteiger charge is 2.04. The quantitative estimate of drug-likeness (QED) is 0.361. The number of aliphatic imine (C=N–C) groups is 1. The molecule has 2 aromatic rings. The maximum atomic E-state index is 13.3. The van der Waals surface area contributed by atoms with Crippen molar-refractivity contribution in [3.05, 3.63) is 57.5 Å². The van der Waals surface area contributed by atoms with Crippen LogP contribution in [-0.2, 0) is 19.6 Å². The van der Waals surface area contributed by atoms with Crippen molar-refractivity contribution in [1.29, 1.82) is 0 Å². The molecule has 0 saturated carbocycles. The average Bonchev–Trinajstić information content (AvgIpc) is 3.05. The predicted octanol–water partition coefficient (Wildman–Crippen LogP) is 2.91. The Morgan fingerprint density at radius 2 is 2.13 bits per heavy atom. The Bertz CT molecular complexity index is 620. The molecule has 0 unspecified atom stereocenters. The molecule has 0 saturated heterocycles. The van der Waals surface area contributed by atoms with Gasteiger partial charge in [0.1, 0.15) is 5.82 Å². The number of hydrogen-bond donors (Lipinski definition) is 3. The number of guanidine groups is 1. The van der Waals surface area contributed by atoms with E-state index in [9.17, 15) is 4.39 Å². The van der Waals surface area contributed by atoms with Crippen molar-refractivity contribution in [2.24, 2.45) is 4.99 Å². The third kappa shape index (κ3) is 6.44. The lowest BCUT2D eigenvalue weighted by Crippen LogP contribution is -2.37. The van der Waals surface area contributed by atoms with Crippen LogP contribution in [0.2, 0.25) is 0 Å². The first kappa shape index (κ1) is 19.9. The van der Waals surface area contributed by atoms with Gasteiger partial charge in [0.25, 0.3) is 0 Å². The fraction of sp³-hybridized carbons (Fsp3) is 0.312. The van der Waals surface area contributed by atoms with Gasteiger partial charge in [0.2, 0.25) is 0 Å². The molecule has 4 nitrogen and oxygen atoms in total. The van der Waals surface area contributed by atoms with E-state index in [-0.39, 0.29) is 36.4 Å². The number of aliphatic hydroxyl groups excluding tert-OH is 1. The predicted molar refractivity (Wildman–Crippen MR) is 104 cm³/mol. The number of hydrogen-bond acceptors (Lipinski definition) is 3. The topological polar surface area (TPSA) is 56.7 Å². The third-order valence-corrected chi connectivity index (χ3v) is 4.14. The lowest BCUT2D eigenvalue weighted by Gasteiger charge is -2.12. The van der Waals surface area contributed by atoms with Crippen molar-refractivity contribution in [2.45, 2.75) is 19.6 Å². The van der Waals surface area contributed by atoms with Crippen molar-refractivity contribution in [3.63, 3.8) is 0 Å². The highest BCUT2D eigenvalue weighted by atomic mass is 127. The summed E-state index contributed by atoms with van der Waals surface area (Å²) in [5.74, 6) is 0.316. The van der Waals surface area contributed by atoms with Crippen molar-refractivity contribution in [3.8, 4) is 0 Å². The maximum Gasteiger partial charge on any atom is 0.191 e. The van der Waals surface area contributed by atoms with Crippen LogP contribution < -0.4 is 10.6 Å². The van der Waals surface area contributed by atoms with Gasteiger partial charge in [-0.3, -0.25) is 4.99 Å². The molecule has 1 aromatic carbocycles. The summed E-state index contributed by atoms with van der Waals surface area (Å²) in [5, 5.41) is 17.6. The summed E-state index contributed by atoms with van der Waals surface area (Å²) in [6.45, 7) is 1.02. The molecule has 1 heterocycles. The van der Waals surface area contributed by atoms with Gasteiger partial charge in [0.15, 0.2) is 5.96 Å². The van der Waals surface area contributed by atoms with Crippen LogP contribution in [0, 0.1) is 5.82 Å². The van der Waals surface area contributed by atoms with Crippen LogP contribution in [0.1, 0.15) is 16.0 Å². The van der Waals surface area contributed by atoms with E-state index in [1.165, 1.54) is 10.9 Å². The molecule has 0 aliphatic rings. The lowest BCUT2D eigenvalue weighted by molar-refractivity contribution is 0.275. The molecule has 0 spiro atoms. The van der Waals surface area contributed by atoms with Gasteiger partial charge in [-0.2, -0.15) is 0 Å². The molecule has 0 aliphatic carbocycles. The number of nitrogens with zero attached hydrogens (tertiary/aromatic N) is 1. The van der Waals surface area contributed by atoms with E-state index >= 15 is 0 Å². The van der Waals surface area contributed by atoms with Crippen LogP contribution >= 0.6 is 35.3 Å². The van der Waals surface area contributed by atoms with Gasteiger partial charge in [-0.25, -0.2) is 4.39 Å². The molecule has 0 atom stereocenters. The molecule has 3 N–H and O–H groups in total. The van der Waals surface area contributed by atoms with Gasteiger partial charge in [0.05, 0.1) is 6.61 Å². The standard InChI is InChI=1S/C16H20FN3OS.HI/c1-18-16(19-7-6-14-3-2-8-22-14)20-10-12-4-5-15(17)13(9-12)11-21;/h2-5,8-9,21H,6-7,10-11H2,1H3,(H2,18,19,20);1H. The van der Waals surface area contributed by atoms with Crippen molar-refractivity contribution >= 4 is 41.3 Å². The van der Waals surface area contributed by atoms with Crippen molar-refractivity contribution in [2.75, 3.05) is 13.6 Å². The van der Waals surface area contributed by atoms with E-state index in [1.807, 2.05) is 6.07 Å². The van der Waals surface area contributed by atoms with E-state index in [4.69, 9.17) is 5.11 Å². The van der Waals surface area contributed by atoms with Crippen LogP contribution in [-0.4, -0.2) is 24.7 Å². The first-order valence-corrected chi connectivity index (χ1v) is 7.96. The molecule has 0 fully saturated rings. The average molecular weight is 449 g/mol. The monoisotopic (exact) mass is 449 g/mol. The van der Waals surface area contributed by atoms with Crippen LogP contribution in [0.25, 0.3) is 0 Å². The van der Waals surface area contributed by atoms with Crippen LogP contribution in [0.3, 0.4) is 0 Å². The highest BCUT2D eigenvalue weighted by molar-refractivity contribution is 14.0. The molecule has 0 radical (unpaired) electrons. The molecular weight excluding hydrogens is 428 g/mol. The second-order valence-corrected chi connectivity index (χ2v) is 5.80. The Morgan fingerprint density at radius 3 is 2.78 bits per heavy atom. The number of nitrogens with one attached hydrogen (secondary N) is 2. The molecule has 0 aliphatic heterocycles. The van der Waals surface area contributed by atoms with Crippen LogP contribution in [0.15, 0.2) is 40.7 Å². The second kappa shape index (κ2) is 10.6. The Labute approximate surface area is 156 Å². The Morgan fingerprint density at radius 1 is 1.30 bits per heavy atom. The minimum atomic E-state index is -0.385. The van der Waals surface area contributed by atoms with E-state index in [0.717, 1.165) is 18.5 Å². The van der Waals surface area contributed by atoms with E-state index in [0.29, 0.717) is 18.1 Å². The van der Waals surface area contributed by atoms with Crippen molar-refractivity contribution < 1.29 is 9.50 Å². The van der Waals surface area contributed by atoms with Gasteiger partial charge in [-0.1, -0.05) is 12.1 Å². The molecular formula is C16H21FIN3OS. The van der Waals surface area contributed by atoms with Gasteiger partial charge < -0.3 is 15.7 Å². The Hall–Kier alpha value is -1.19. The normalized spacial score (nSPS) is 11.0. The van der Waals surface area contributed by atoms with Gasteiger partial charge >= 0.3 is 0 Å². The zero-order valence-electron chi connectivity index (χ0n) is 12.9. The number of benzene rings is 1. The zero-order valence-corrected chi connectivity index (χ0v) is 16.0. The first-order valence-electron chi connectivity index (χ1n) is 7.08. The maximum absolute atomic E-state index is 13.3. The third-order valence-electron chi connectivity index (χ3n) is 3.21. The van der Waals surface area contributed by atoms with Gasteiger partial charge in [-0.05, 0) is 35.6 Å². The minimum Gasteiger partial charge on any atom is -0.392 e. The largest absolute Gasteiger partial charge is 0.392 e. The summed E-state index contributed by atoms with van der Waals surface area (Å²) < 4.78 is 13.3. The Kier molecular flexibility index (Phi) is 9.12. The number of rotatable bonds is 6. The summed E-state index contributed by atoms with van der Waals surface area (Å²) in [5.41, 5.74) is 1.20. The summed E-state index contributed by atoms with van der Waals surface area (Å²) in [6, 6.07) is 8.87. The van der Waals surface area contributed by atoms with E-state index < -0.39 is 0 Å². The molecule has 23 heavy (non-hydrogen) atoms. The number of halogens is 2. The minimum absolute atomic E-state index is 0. The summed E-state index contributed by atoms with van der Waals surface area (Å²) >= 11 is 1.74. The SMILES string of the molecule is CN=C(NCCc1cccs1)NCc1ccc(F)c(CO)c1.I. The molecule has 126 valence electrons. The molecule has 7 heteroatoms. The summed E-state index contributed by atoms with van der Waals surface area (Å²) in [6.07, 6.45) is 0.948. The van der Waals surface area contributed by atoms with Crippen LogP contribution in [0.4, 0.5) is 4.39 Å². The summed E-state index contributed by atoms with van der Waals surface area (Å²) in [7, 11) is 1.71. The first-order chi connectivity index (χ1) is 10.7. The van der Waals surface area contributed by atoms with Crippen LogP contribution in [0.5, 0.6) is 0 Å². The van der Waals surface area contributed by atoms with E-state index in [2.05, 4.69) is 27.1 Å². The summed E-state index contributed by atoms with van der Waals surface area (Å²) in [4.78, 5) is 5.48. The molecule has 2 rings (SSSR count). The fourth-order valence-corrected chi connectivity index (χ4v) is 2.73. The highest BCUT2D eigenvalue weighted by Crippen LogP contribution is 2.10. The smallest absolute Gasteiger partial charge is 0.191 e. The molecule has 0 bridgehead atoms. The van der Waals surface area contributed by atoms with E-state index in [1.54, 1.807) is 30.5 Å². The Balaban J connectivity index is 0.00000264. The fourth-order valence-electron chi connectivity index (χ4n) is 2.02.